The topological polar surface area (TPSA) is 49.4 Å². The van der Waals surface area contributed by atoms with E-state index in [0.29, 0.717) is 18.9 Å². The van der Waals surface area contributed by atoms with Crippen LogP contribution in [0.25, 0.3) is 0 Å². The van der Waals surface area contributed by atoms with Crippen molar-refractivity contribution in [2.24, 2.45) is 5.92 Å². The molecule has 2 amide bonds. The number of hydrogen-bond donors (Lipinski definition) is 1. The number of nitrogens with zero attached hydrogens (tertiary/aromatic N) is 1. The third-order valence-electron chi connectivity index (χ3n) is 4.43. The fraction of sp³-hybridized carbons (Fsp3) is 0.300. The summed E-state index contributed by atoms with van der Waals surface area (Å²) in [4.78, 5) is 26.7. The SMILES string of the molecule is CC(C)c1ccc(NC(=O)[C@H]2CCN(c3ccccc3)C2=O)cc1. The average molecular weight is 322 g/mol. The minimum absolute atomic E-state index is 0.127. The van der Waals surface area contributed by atoms with Crippen LogP contribution in [0.4, 0.5) is 11.4 Å². The highest BCUT2D eigenvalue weighted by Gasteiger charge is 2.37. The Morgan fingerprint density at radius 1 is 1.08 bits per heavy atom. The van der Waals surface area contributed by atoms with Gasteiger partial charge in [0.15, 0.2) is 0 Å². The highest BCUT2D eigenvalue weighted by atomic mass is 16.2. The van der Waals surface area contributed by atoms with Gasteiger partial charge >= 0.3 is 0 Å². The van der Waals surface area contributed by atoms with Gasteiger partial charge in [0.05, 0.1) is 0 Å². The lowest BCUT2D eigenvalue weighted by atomic mass is 10.0. The van der Waals surface area contributed by atoms with Crippen LogP contribution in [0.1, 0.15) is 31.7 Å². The van der Waals surface area contributed by atoms with Gasteiger partial charge < -0.3 is 10.2 Å². The van der Waals surface area contributed by atoms with Crippen LogP contribution < -0.4 is 10.2 Å². The maximum absolute atomic E-state index is 12.5. The minimum Gasteiger partial charge on any atom is -0.325 e. The maximum Gasteiger partial charge on any atom is 0.239 e. The van der Waals surface area contributed by atoms with Crippen LogP contribution >= 0.6 is 0 Å². The Kier molecular flexibility index (Phi) is 4.65. The van der Waals surface area contributed by atoms with Crippen molar-refractivity contribution in [3.05, 3.63) is 60.2 Å². The number of nitrogens with one attached hydrogen (secondary N) is 1. The molecule has 2 aromatic rings. The fourth-order valence-electron chi connectivity index (χ4n) is 2.97. The lowest BCUT2D eigenvalue weighted by Gasteiger charge is -2.16. The average Bonchev–Trinajstić information content (AvgIpc) is 2.98. The molecule has 24 heavy (non-hydrogen) atoms. The van der Waals surface area contributed by atoms with Gasteiger partial charge in [0.2, 0.25) is 11.8 Å². The molecule has 0 unspecified atom stereocenters. The Bertz CT molecular complexity index is 723. The number of carbonyl (C=O) groups is 2. The minimum atomic E-state index is -0.616. The molecule has 2 aromatic carbocycles. The molecule has 4 heteroatoms. The van der Waals surface area contributed by atoms with Gasteiger partial charge in [-0.25, -0.2) is 0 Å². The summed E-state index contributed by atoms with van der Waals surface area (Å²) in [6.07, 6.45) is 0.545. The summed E-state index contributed by atoms with van der Waals surface area (Å²) in [6, 6.07) is 17.3. The van der Waals surface area contributed by atoms with E-state index in [1.807, 2.05) is 54.6 Å². The molecule has 0 spiro atoms. The van der Waals surface area contributed by atoms with Gasteiger partial charge in [0, 0.05) is 17.9 Å². The molecule has 3 rings (SSSR count). The monoisotopic (exact) mass is 322 g/mol. The van der Waals surface area contributed by atoms with E-state index in [4.69, 9.17) is 0 Å². The highest BCUT2D eigenvalue weighted by Crippen LogP contribution is 2.26. The molecule has 0 radical (unpaired) electrons. The summed E-state index contributed by atoms with van der Waals surface area (Å²) in [6.45, 7) is 4.83. The molecule has 1 heterocycles. The number of amides is 2. The van der Waals surface area contributed by atoms with E-state index in [2.05, 4.69) is 19.2 Å². The lowest BCUT2D eigenvalue weighted by molar-refractivity contribution is -0.129. The van der Waals surface area contributed by atoms with Crippen LogP contribution in [0.15, 0.2) is 54.6 Å². The van der Waals surface area contributed by atoms with Gasteiger partial charge in [0.25, 0.3) is 0 Å². The van der Waals surface area contributed by atoms with Crippen molar-refractivity contribution in [3.8, 4) is 0 Å². The number of anilines is 2. The van der Waals surface area contributed by atoms with Crippen LogP contribution in [0.2, 0.25) is 0 Å². The first-order chi connectivity index (χ1) is 11.6. The maximum atomic E-state index is 12.5. The molecule has 124 valence electrons. The van der Waals surface area contributed by atoms with Gasteiger partial charge in [-0.3, -0.25) is 9.59 Å². The number of carbonyl (C=O) groups excluding carboxylic acids is 2. The molecule has 0 aromatic heterocycles. The van der Waals surface area contributed by atoms with Crippen molar-refractivity contribution in [2.75, 3.05) is 16.8 Å². The molecule has 0 saturated carbocycles. The molecule has 1 fully saturated rings. The van der Waals surface area contributed by atoms with Crippen molar-refractivity contribution in [2.45, 2.75) is 26.2 Å². The Morgan fingerprint density at radius 3 is 2.38 bits per heavy atom. The molecule has 1 aliphatic rings. The van der Waals surface area contributed by atoms with Crippen molar-refractivity contribution in [1.82, 2.24) is 0 Å². The van der Waals surface area contributed by atoms with Gasteiger partial charge in [-0.1, -0.05) is 44.2 Å². The Morgan fingerprint density at radius 2 is 1.75 bits per heavy atom. The second-order valence-electron chi connectivity index (χ2n) is 6.43. The first kappa shape index (κ1) is 16.2. The molecule has 0 bridgehead atoms. The van der Waals surface area contributed by atoms with Crippen molar-refractivity contribution in [1.29, 1.82) is 0 Å². The molecule has 0 aliphatic carbocycles. The van der Waals surface area contributed by atoms with E-state index >= 15 is 0 Å². The van der Waals surface area contributed by atoms with Gasteiger partial charge in [-0.15, -0.1) is 0 Å². The number of para-hydroxylation sites is 1. The summed E-state index contributed by atoms with van der Waals surface area (Å²) in [5.41, 5.74) is 2.80. The zero-order chi connectivity index (χ0) is 17.1. The Hall–Kier alpha value is -2.62. The van der Waals surface area contributed by atoms with Gasteiger partial charge in [-0.05, 0) is 42.2 Å². The van der Waals surface area contributed by atoms with Crippen molar-refractivity contribution in [3.63, 3.8) is 0 Å². The second-order valence-corrected chi connectivity index (χ2v) is 6.43. The van der Waals surface area contributed by atoms with Crippen LogP contribution in [-0.4, -0.2) is 18.4 Å². The standard InChI is InChI=1S/C20H22N2O2/c1-14(2)15-8-10-16(11-9-15)21-19(23)18-12-13-22(20(18)24)17-6-4-3-5-7-17/h3-11,14,18H,12-13H2,1-2H3,(H,21,23)/t18-/m1/s1. The predicted octanol–water partition coefficient (Wildman–Crippen LogP) is 3.80. The molecule has 1 atom stereocenters. The largest absolute Gasteiger partial charge is 0.325 e. The number of hydrogen-bond acceptors (Lipinski definition) is 2. The van der Waals surface area contributed by atoms with E-state index in [9.17, 15) is 9.59 Å². The molecular formula is C20H22N2O2. The first-order valence-electron chi connectivity index (χ1n) is 8.33. The third-order valence-corrected chi connectivity index (χ3v) is 4.43. The van der Waals surface area contributed by atoms with Crippen LogP contribution in [0.3, 0.4) is 0 Å². The fourth-order valence-corrected chi connectivity index (χ4v) is 2.97. The predicted molar refractivity (Wildman–Crippen MR) is 96.1 cm³/mol. The molecule has 1 aliphatic heterocycles. The van der Waals surface area contributed by atoms with Crippen molar-refractivity contribution >= 4 is 23.2 Å². The highest BCUT2D eigenvalue weighted by molar-refractivity contribution is 6.13. The zero-order valence-corrected chi connectivity index (χ0v) is 14.0. The molecule has 1 saturated heterocycles. The normalized spacial score (nSPS) is 17.4. The summed E-state index contributed by atoms with van der Waals surface area (Å²) < 4.78 is 0. The van der Waals surface area contributed by atoms with Gasteiger partial charge in [-0.2, -0.15) is 0 Å². The van der Waals surface area contributed by atoms with Gasteiger partial charge in [0.1, 0.15) is 5.92 Å². The Balaban J connectivity index is 1.66. The summed E-state index contributed by atoms with van der Waals surface area (Å²) in [7, 11) is 0. The summed E-state index contributed by atoms with van der Waals surface area (Å²) >= 11 is 0. The molecular weight excluding hydrogens is 300 g/mol. The smallest absolute Gasteiger partial charge is 0.239 e. The van der Waals surface area contributed by atoms with E-state index in [0.717, 1.165) is 11.4 Å². The van der Waals surface area contributed by atoms with Crippen LogP contribution in [-0.2, 0) is 9.59 Å². The summed E-state index contributed by atoms with van der Waals surface area (Å²) in [5.74, 6) is -0.520. The van der Waals surface area contributed by atoms with E-state index in [1.165, 1.54) is 5.56 Å². The Labute approximate surface area is 142 Å². The quantitative estimate of drug-likeness (QED) is 0.870. The third kappa shape index (κ3) is 3.32. The second kappa shape index (κ2) is 6.87. The summed E-state index contributed by atoms with van der Waals surface area (Å²) in [5, 5.41) is 2.87. The van der Waals surface area contributed by atoms with Crippen molar-refractivity contribution < 1.29 is 9.59 Å². The first-order valence-corrected chi connectivity index (χ1v) is 8.33. The molecule has 1 N–H and O–H groups in total. The lowest BCUT2D eigenvalue weighted by Crippen LogP contribution is -2.33. The van der Waals surface area contributed by atoms with E-state index in [-0.39, 0.29) is 11.8 Å². The van der Waals surface area contributed by atoms with Crippen LogP contribution in [0, 0.1) is 5.92 Å². The molecule has 4 nitrogen and oxygen atoms in total. The zero-order valence-electron chi connectivity index (χ0n) is 14.0. The number of rotatable bonds is 4. The van der Waals surface area contributed by atoms with E-state index < -0.39 is 5.92 Å². The van der Waals surface area contributed by atoms with Crippen LogP contribution in [0.5, 0.6) is 0 Å². The number of benzene rings is 2. The van der Waals surface area contributed by atoms with E-state index in [1.54, 1.807) is 4.90 Å².